The molecule has 3 rings (SSSR count). The molecule has 3 atom stereocenters. The van der Waals surface area contributed by atoms with Gasteiger partial charge in [-0.1, -0.05) is 0 Å². The standard InChI is InChI=1S/C13H15N5O4S/c1-13(2)8(11(20)21)18-9(19)7(10(18)23-13)17-12(22)16-6-5-14-3-4-15-6/h3-5,7-8,10H,1-2H3,(H,20,21)(H2,15,16,17,22). The van der Waals surface area contributed by atoms with Crippen LogP contribution < -0.4 is 10.6 Å². The van der Waals surface area contributed by atoms with Crippen LogP contribution in [0.1, 0.15) is 13.8 Å². The van der Waals surface area contributed by atoms with Crippen LogP contribution in [-0.2, 0) is 9.59 Å². The van der Waals surface area contributed by atoms with Crippen LogP contribution in [0.3, 0.4) is 0 Å². The van der Waals surface area contributed by atoms with Gasteiger partial charge in [0.2, 0.25) is 5.91 Å². The summed E-state index contributed by atoms with van der Waals surface area (Å²) < 4.78 is -0.621. The van der Waals surface area contributed by atoms with Crippen molar-refractivity contribution in [2.45, 2.75) is 36.1 Å². The molecule has 9 nitrogen and oxygen atoms in total. The predicted octanol–water partition coefficient (Wildman–Crippen LogP) is 0.114. The van der Waals surface area contributed by atoms with Gasteiger partial charge in [-0.15, -0.1) is 11.8 Å². The van der Waals surface area contributed by atoms with Gasteiger partial charge in [0.1, 0.15) is 17.5 Å². The fourth-order valence-corrected chi connectivity index (χ4v) is 4.43. The van der Waals surface area contributed by atoms with E-state index in [0.717, 1.165) is 0 Å². The molecule has 122 valence electrons. The number of β-lactam (4-membered cyclic amide) rings is 1. The van der Waals surface area contributed by atoms with Crippen molar-refractivity contribution in [1.29, 1.82) is 0 Å². The van der Waals surface area contributed by atoms with Gasteiger partial charge >= 0.3 is 12.0 Å². The zero-order valence-corrected chi connectivity index (χ0v) is 13.2. The Kier molecular flexibility index (Phi) is 3.63. The zero-order chi connectivity index (χ0) is 16.8. The van der Waals surface area contributed by atoms with Crippen molar-refractivity contribution in [2.75, 3.05) is 5.32 Å². The van der Waals surface area contributed by atoms with Gasteiger partial charge in [0.05, 0.1) is 6.20 Å². The third-order valence-corrected chi connectivity index (χ3v) is 5.34. The van der Waals surface area contributed by atoms with Gasteiger partial charge in [0, 0.05) is 17.1 Å². The Morgan fingerprint density at radius 1 is 1.39 bits per heavy atom. The van der Waals surface area contributed by atoms with E-state index in [1.807, 2.05) is 0 Å². The fraction of sp³-hybridized carbons (Fsp3) is 0.462. The number of carboxylic acid groups (broad SMARTS) is 1. The number of aliphatic carboxylic acids is 1. The van der Waals surface area contributed by atoms with Crippen LogP contribution in [0.2, 0.25) is 0 Å². The third kappa shape index (κ3) is 2.58. The van der Waals surface area contributed by atoms with Crippen LogP contribution in [0.5, 0.6) is 0 Å². The molecule has 0 spiro atoms. The van der Waals surface area contributed by atoms with Crippen molar-refractivity contribution in [1.82, 2.24) is 20.2 Å². The first-order chi connectivity index (χ1) is 10.8. The van der Waals surface area contributed by atoms with Gasteiger partial charge in [0.25, 0.3) is 0 Å². The van der Waals surface area contributed by atoms with Crippen molar-refractivity contribution >= 4 is 35.5 Å². The number of fused-ring (bicyclic) bond motifs is 1. The normalized spacial score (nSPS) is 27.8. The predicted molar refractivity (Wildman–Crippen MR) is 81.7 cm³/mol. The molecule has 3 amide bonds. The molecule has 23 heavy (non-hydrogen) atoms. The average Bonchev–Trinajstić information content (AvgIpc) is 2.74. The summed E-state index contributed by atoms with van der Waals surface area (Å²) in [5.41, 5.74) is 0. The first-order valence-corrected chi connectivity index (χ1v) is 7.75. The van der Waals surface area contributed by atoms with Crippen molar-refractivity contribution < 1.29 is 19.5 Å². The molecule has 3 unspecified atom stereocenters. The highest BCUT2D eigenvalue weighted by Gasteiger charge is 2.64. The summed E-state index contributed by atoms with van der Waals surface area (Å²) in [6.07, 6.45) is 4.28. The molecule has 0 radical (unpaired) electrons. The Morgan fingerprint density at radius 2 is 2.13 bits per heavy atom. The van der Waals surface area contributed by atoms with Gasteiger partial charge in [0.15, 0.2) is 5.82 Å². The van der Waals surface area contributed by atoms with Crippen LogP contribution in [0.25, 0.3) is 0 Å². The number of aromatic nitrogens is 2. The van der Waals surface area contributed by atoms with E-state index in [1.54, 1.807) is 13.8 Å². The molecule has 10 heteroatoms. The third-order valence-electron chi connectivity index (χ3n) is 3.77. The Hall–Kier alpha value is -2.36. The molecule has 0 aliphatic carbocycles. The Bertz CT molecular complexity index is 668. The van der Waals surface area contributed by atoms with E-state index in [1.165, 1.54) is 35.3 Å². The lowest BCUT2D eigenvalue weighted by Crippen LogP contribution is -2.70. The number of hydrogen-bond donors (Lipinski definition) is 3. The molecule has 2 fully saturated rings. The molecule has 1 aromatic heterocycles. The minimum Gasteiger partial charge on any atom is -0.480 e. The maximum atomic E-state index is 12.2. The first-order valence-electron chi connectivity index (χ1n) is 6.87. The summed E-state index contributed by atoms with van der Waals surface area (Å²) in [6.45, 7) is 3.55. The van der Waals surface area contributed by atoms with Crippen molar-refractivity contribution in [3.8, 4) is 0 Å². The number of carbonyl (C=O) groups is 3. The molecule has 0 saturated carbocycles. The first kappa shape index (κ1) is 15.5. The monoisotopic (exact) mass is 337 g/mol. The summed E-state index contributed by atoms with van der Waals surface area (Å²) in [5, 5.41) is 14.0. The van der Waals surface area contributed by atoms with Gasteiger partial charge in [-0.25, -0.2) is 14.6 Å². The van der Waals surface area contributed by atoms with Crippen molar-refractivity contribution in [3.05, 3.63) is 18.6 Å². The van der Waals surface area contributed by atoms with E-state index in [0.29, 0.717) is 0 Å². The molecule has 3 N–H and O–H groups in total. The van der Waals surface area contributed by atoms with Gasteiger partial charge in [-0.05, 0) is 13.8 Å². The molecule has 2 saturated heterocycles. The number of carboxylic acids is 1. The maximum Gasteiger partial charge on any atom is 0.327 e. The van der Waals surface area contributed by atoms with E-state index in [4.69, 9.17) is 0 Å². The number of nitrogens with zero attached hydrogens (tertiary/aromatic N) is 3. The molecule has 3 heterocycles. The lowest BCUT2D eigenvalue weighted by atomic mass is 9.96. The van der Waals surface area contributed by atoms with Crippen molar-refractivity contribution in [2.24, 2.45) is 0 Å². The second kappa shape index (κ2) is 5.37. The van der Waals surface area contributed by atoms with E-state index >= 15 is 0 Å². The molecule has 2 aliphatic rings. The van der Waals surface area contributed by atoms with Crippen LogP contribution in [-0.4, -0.2) is 60.1 Å². The van der Waals surface area contributed by atoms with Crippen molar-refractivity contribution in [3.63, 3.8) is 0 Å². The summed E-state index contributed by atoms with van der Waals surface area (Å²) >= 11 is 1.37. The maximum absolute atomic E-state index is 12.2. The topological polar surface area (TPSA) is 125 Å². The number of anilines is 1. The van der Waals surface area contributed by atoms with Crippen LogP contribution >= 0.6 is 11.8 Å². The average molecular weight is 337 g/mol. The SMILES string of the molecule is CC1(C)SC2C(NC(=O)Nc3cnccn3)C(=O)N2C1C(=O)O. The fourth-order valence-electron chi connectivity index (χ4n) is 2.80. The second-order valence-electron chi connectivity index (χ2n) is 5.76. The minimum absolute atomic E-state index is 0.261. The van der Waals surface area contributed by atoms with E-state index < -0.39 is 34.7 Å². The Balaban J connectivity index is 1.66. The Labute approximate surface area is 135 Å². The minimum atomic E-state index is -1.04. The van der Waals surface area contributed by atoms with Gasteiger partial charge in [-0.3, -0.25) is 15.1 Å². The number of hydrogen-bond acceptors (Lipinski definition) is 6. The second-order valence-corrected chi connectivity index (χ2v) is 7.54. The van der Waals surface area contributed by atoms with E-state index in [2.05, 4.69) is 20.6 Å². The lowest BCUT2D eigenvalue weighted by Gasteiger charge is -2.43. The zero-order valence-electron chi connectivity index (χ0n) is 12.4. The number of carbonyl (C=O) groups excluding carboxylic acids is 2. The quantitative estimate of drug-likeness (QED) is 0.669. The number of amides is 3. The van der Waals surface area contributed by atoms with Crippen LogP contribution in [0.4, 0.5) is 10.6 Å². The van der Waals surface area contributed by atoms with Crippen LogP contribution in [0.15, 0.2) is 18.6 Å². The molecule has 0 aromatic carbocycles. The summed E-state index contributed by atoms with van der Waals surface area (Å²) in [7, 11) is 0. The number of thioether (sulfide) groups is 1. The summed E-state index contributed by atoms with van der Waals surface area (Å²) in [4.78, 5) is 44.6. The van der Waals surface area contributed by atoms with E-state index in [-0.39, 0.29) is 11.2 Å². The Morgan fingerprint density at radius 3 is 2.74 bits per heavy atom. The highest BCUT2D eigenvalue weighted by molar-refractivity contribution is 8.01. The summed E-state index contributed by atoms with van der Waals surface area (Å²) in [5.74, 6) is -1.17. The van der Waals surface area contributed by atoms with E-state index in [9.17, 15) is 19.5 Å². The molecular formula is C13H15N5O4S. The smallest absolute Gasteiger partial charge is 0.327 e. The van der Waals surface area contributed by atoms with Crippen LogP contribution in [0, 0.1) is 0 Å². The molecular weight excluding hydrogens is 322 g/mol. The highest BCUT2D eigenvalue weighted by atomic mass is 32.2. The number of rotatable bonds is 3. The van der Waals surface area contributed by atoms with Gasteiger partial charge < -0.3 is 15.3 Å². The number of nitrogens with one attached hydrogen (secondary N) is 2. The molecule has 0 bridgehead atoms. The summed E-state index contributed by atoms with van der Waals surface area (Å²) in [6, 6.07) is -2.23. The number of urea groups is 1. The lowest BCUT2D eigenvalue weighted by molar-refractivity contribution is -0.159. The van der Waals surface area contributed by atoms with Gasteiger partial charge in [-0.2, -0.15) is 0 Å². The largest absolute Gasteiger partial charge is 0.480 e. The molecule has 2 aliphatic heterocycles. The molecule has 1 aromatic rings. The highest BCUT2D eigenvalue weighted by Crippen LogP contribution is 2.50.